The molecule has 0 aliphatic heterocycles. The lowest BCUT2D eigenvalue weighted by molar-refractivity contribution is 0.102. The first-order valence-corrected chi connectivity index (χ1v) is 7.66. The van der Waals surface area contributed by atoms with Gasteiger partial charge in [-0.2, -0.15) is 0 Å². The molecule has 0 atom stereocenters. The van der Waals surface area contributed by atoms with Crippen molar-refractivity contribution in [2.45, 2.75) is 0 Å². The molecule has 0 radical (unpaired) electrons. The predicted octanol–water partition coefficient (Wildman–Crippen LogP) is 2.06. The molecule has 1 aromatic heterocycles. The van der Waals surface area contributed by atoms with Gasteiger partial charge in [-0.3, -0.25) is 9.59 Å². The summed E-state index contributed by atoms with van der Waals surface area (Å²) in [4.78, 5) is 39.3. The van der Waals surface area contributed by atoms with Crippen molar-refractivity contribution in [2.75, 3.05) is 12.4 Å². The van der Waals surface area contributed by atoms with Crippen molar-refractivity contribution in [3.05, 3.63) is 86.7 Å². The van der Waals surface area contributed by atoms with Crippen LogP contribution in [-0.4, -0.2) is 22.6 Å². The van der Waals surface area contributed by atoms with Crippen molar-refractivity contribution in [3.8, 4) is 11.4 Å². The van der Waals surface area contributed by atoms with E-state index in [0.29, 0.717) is 11.8 Å². The number of anilines is 1. The number of H-pyrrole nitrogens is 1. The summed E-state index contributed by atoms with van der Waals surface area (Å²) < 4.78 is 32.4. The number of nitrogens with zero attached hydrogens (tertiary/aromatic N) is 1. The highest BCUT2D eigenvalue weighted by Crippen LogP contribution is 2.16. The third-order valence-corrected chi connectivity index (χ3v) is 3.73. The molecular weight excluding hydrogens is 360 g/mol. The Labute approximate surface area is 150 Å². The summed E-state index contributed by atoms with van der Waals surface area (Å²) >= 11 is 0. The van der Waals surface area contributed by atoms with E-state index in [2.05, 4.69) is 10.3 Å². The minimum absolute atomic E-state index is 0.213. The van der Waals surface area contributed by atoms with Crippen LogP contribution in [0.15, 0.2) is 58.3 Å². The number of methoxy groups -OCH3 is 1. The number of benzene rings is 2. The van der Waals surface area contributed by atoms with E-state index < -0.39 is 34.4 Å². The Balaban J connectivity index is 2.00. The molecule has 9 heteroatoms. The number of hydrogen-bond acceptors (Lipinski definition) is 4. The smallest absolute Gasteiger partial charge is 0.333 e. The second kappa shape index (κ2) is 7.24. The normalized spacial score (nSPS) is 10.5. The zero-order valence-electron chi connectivity index (χ0n) is 14.0. The van der Waals surface area contributed by atoms with Crippen LogP contribution in [-0.2, 0) is 0 Å². The Hall–Kier alpha value is -3.75. The Morgan fingerprint density at radius 2 is 1.81 bits per heavy atom. The van der Waals surface area contributed by atoms with E-state index in [0.717, 1.165) is 22.9 Å². The molecule has 1 amide bonds. The Morgan fingerprint density at radius 3 is 2.44 bits per heavy atom. The van der Waals surface area contributed by atoms with Crippen LogP contribution >= 0.6 is 0 Å². The highest BCUT2D eigenvalue weighted by molar-refractivity contribution is 6.03. The number of hydrogen-bond donors (Lipinski definition) is 2. The molecule has 2 aromatic carbocycles. The number of rotatable bonds is 4. The van der Waals surface area contributed by atoms with Gasteiger partial charge in [-0.05, 0) is 36.4 Å². The van der Waals surface area contributed by atoms with Gasteiger partial charge in [0.2, 0.25) is 0 Å². The Bertz CT molecular complexity index is 1120. The lowest BCUT2D eigenvalue weighted by Crippen LogP contribution is -2.38. The monoisotopic (exact) mass is 373 g/mol. The van der Waals surface area contributed by atoms with Crippen molar-refractivity contribution >= 4 is 11.6 Å². The second-order valence-corrected chi connectivity index (χ2v) is 5.42. The van der Waals surface area contributed by atoms with Crippen LogP contribution in [0.1, 0.15) is 10.4 Å². The highest BCUT2D eigenvalue weighted by atomic mass is 19.1. The summed E-state index contributed by atoms with van der Waals surface area (Å²) in [6.45, 7) is 0. The van der Waals surface area contributed by atoms with Gasteiger partial charge < -0.3 is 15.0 Å². The molecule has 0 unspecified atom stereocenters. The first-order chi connectivity index (χ1) is 12.9. The Kier molecular flexibility index (Phi) is 4.84. The number of carbonyl (C=O) groups is 1. The number of nitrogens with one attached hydrogen (secondary N) is 2. The van der Waals surface area contributed by atoms with Gasteiger partial charge in [0.15, 0.2) is 0 Å². The third kappa shape index (κ3) is 3.61. The maximum Gasteiger partial charge on any atom is 0.333 e. The van der Waals surface area contributed by atoms with Gasteiger partial charge in [0.25, 0.3) is 11.5 Å². The van der Waals surface area contributed by atoms with Crippen molar-refractivity contribution in [3.63, 3.8) is 0 Å². The largest absolute Gasteiger partial charge is 0.497 e. The SMILES string of the molecule is COc1ccc(-n2c(=O)[nH]cc(C(=O)Nc3ccc(F)cc3F)c2=O)cc1. The number of halogens is 2. The standard InChI is InChI=1S/C18H13F2N3O4/c1-27-12-5-3-11(4-6-12)23-17(25)13(9-21-18(23)26)16(24)22-15-7-2-10(19)8-14(15)20/h2-9H,1H3,(H,21,26)(H,22,24). The van der Waals surface area contributed by atoms with Gasteiger partial charge in [0, 0.05) is 12.3 Å². The van der Waals surface area contributed by atoms with E-state index in [1.165, 1.54) is 19.2 Å². The van der Waals surface area contributed by atoms with E-state index in [9.17, 15) is 23.2 Å². The molecule has 0 saturated carbocycles. The van der Waals surface area contributed by atoms with Gasteiger partial charge in [-0.1, -0.05) is 0 Å². The molecule has 0 fully saturated rings. The predicted molar refractivity (Wildman–Crippen MR) is 93.5 cm³/mol. The first-order valence-electron chi connectivity index (χ1n) is 7.66. The van der Waals surface area contributed by atoms with Crippen LogP contribution in [0.3, 0.4) is 0 Å². The highest BCUT2D eigenvalue weighted by Gasteiger charge is 2.17. The molecule has 0 bridgehead atoms. The topological polar surface area (TPSA) is 93.2 Å². The third-order valence-electron chi connectivity index (χ3n) is 3.73. The summed E-state index contributed by atoms with van der Waals surface area (Å²) in [7, 11) is 1.47. The van der Waals surface area contributed by atoms with Gasteiger partial charge in [0.05, 0.1) is 18.5 Å². The average molecular weight is 373 g/mol. The lowest BCUT2D eigenvalue weighted by atomic mass is 10.2. The molecule has 3 rings (SSSR count). The maximum absolute atomic E-state index is 13.7. The fourth-order valence-corrected chi connectivity index (χ4v) is 2.38. The van der Waals surface area contributed by atoms with Crippen LogP contribution < -0.4 is 21.3 Å². The molecule has 0 aliphatic carbocycles. The molecule has 7 nitrogen and oxygen atoms in total. The summed E-state index contributed by atoms with van der Waals surface area (Å²) in [5.74, 6) is -2.24. The van der Waals surface area contributed by atoms with Crippen molar-refractivity contribution in [1.29, 1.82) is 0 Å². The number of aromatic nitrogens is 2. The van der Waals surface area contributed by atoms with Gasteiger partial charge in [0.1, 0.15) is 22.9 Å². The van der Waals surface area contributed by atoms with E-state index in [-0.39, 0.29) is 11.4 Å². The van der Waals surface area contributed by atoms with Crippen LogP contribution in [0.2, 0.25) is 0 Å². The summed E-state index contributed by atoms with van der Waals surface area (Å²) in [6, 6.07) is 8.60. The van der Waals surface area contributed by atoms with E-state index in [4.69, 9.17) is 4.74 Å². The van der Waals surface area contributed by atoms with Gasteiger partial charge in [-0.15, -0.1) is 0 Å². The van der Waals surface area contributed by atoms with Gasteiger partial charge in [-0.25, -0.2) is 18.1 Å². The average Bonchev–Trinajstić information content (AvgIpc) is 2.64. The molecule has 0 aliphatic rings. The lowest BCUT2D eigenvalue weighted by Gasteiger charge is -2.09. The zero-order valence-corrected chi connectivity index (χ0v) is 14.0. The fourth-order valence-electron chi connectivity index (χ4n) is 2.38. The molecular formula is C18H13F2N3O4. The zero-order chi connectivity index (χ0) is 19.6. The molecule has 1 heterocycles. The summed E-state index contributed by atoms with van der Waals surface area (Å²) in [6.07, 6.45) is 0.932. The van der Waals surface area contributed by atoms with E-state index >= 15 is 0 Å². The summed E-state index contributed by atoms with van der Waals surface area (Å²) in [5, 5.41) is 2.17. The number of ether oxygens (including phenoxy) is 1. The van der Waals surface area contributed by atoms with E-state index in [1.54, 1.807) is 12.1 Å². The molecule has 27 heavy (non-hydrogen) atoms. The Morgan fingerprint density at radius 1 is 1.11 bits per heavy atom. The van der Waals surface area contributed by atoms with Crippen molar-refractivity contribution in [1.82, 2.24) is 9.55 Å². The molecule has 2 N–H and O–H groups in total. The van der Waals surface area contributed by atoms with Crippen molar-refractivity contribution in [2.24, 2.45) is 0 Å². The molecule has 3 aromatic rings. The van der Waals surface area contributed by atoms with Crippen LogP contribution in [0.4, 0.5) is 14.5 Å². The number of amides is 1. The maximum atomic E-state index is 13.7. The minimum Gasteiger partial charge on any atom is -0.497 e. The van der Waals surface area contributed by atoms with E-state index in [1.807, 2.05) is 0 Å². The first kappa shape index (κ1) is 18.1. The van der Waals surface area contributed by atoms with Crippen molar-refractivity contribution < 1.29 is 18.3 Å². The van der Waals surface area contributed by atoms with Gasteiger partial charge >= 0.3 is 5.69 Å². The molecule has 138 valence electrons. The molecule has 0 saturated heterocycles. The number of aromatic amines is 1. The molecule has 0 spiro atoms. The summed E-state index contributed by atoms with van der Waals surface area (Å²) in [5.41, 5.74) is -2.17. The van der Waals surface area contributed by atoms with Crippen LogP contribution in [0.25, 0.3) is 5.69 Å². The minimum atomic E-state index is -0.997. The van der Waals surface area contributed by atoms with Crippen LogP contribution in [0, 0.1) is 11.6 Å². The van der Waals surface area contributed by atoms with Crippen LogP contribution in [0.5, 0.6) is 5.75 Å². The number of carbonyl (C=O) groups excluding carboxylic acids is 1. The second-order valence-electron chi connectivity index (χ2n) is 5.42. The fraction of sp³-hybridized carbons (Fsp3) is 0.0556. The quantitative estimate of drug-likeness (QED) is 0.732.